The van der Waals surface area contributed by atoms with Gasteiger partial charge in [-0.05, 0) is 18.6 Å². The molecule has 0 aliphatic carbocycles. The summed E-state index contributed by atoms with van der Waals surface area (Å²) in [5, 5.41) is 7.94. The second kappa shape index (κ2) is 8.21. The van der Waals surface area contributed by atoms with Crippen molar-refractivity contribution in [3.63, 3.8) is 0 Å². The van der Waals surface area contributed by atoms with Gasteiger partial charge in [0.15, 0.2) is 0 Å². The van der Waals surface area contributed by atoms with Crippen LogP contribution in [-0.2, 0) is 16.0 Å². The number of hydrogen-bond acceptors (Lipinski definition) is 4. The van der Waals surface area contributed by atoms with E-state index in [9.17, 15) is 14.4 Å². The maximum Gasteiger partial charge on any atom is 0.318 e. The molecule has 4 amide bonds. The summed E-state index contributed by atoms with van der Waals surface area (Å²) in [6.45, 7) is 1.25. The highest BCUT2D eigenvalue weighted by Crippen LogP contribution is 2.09. The summed E-state index contributed by atoms with van der Waals surface area (Å²) in [6.07, 6.45) is 3.04. The number of hydrogen-bond donors (Lipinski definition) is 3. The molecule has 0 saturated carbocycles. The van der Waals surface area contributed by atoms with Crippen LogP contribution >= 0.6 is 0 Å². The minimum atomic E-state index is -0.770. The predicted molar refractivity (Wildman–Crippen MR) is 82.6 cm³/mol. The molecule has 1 aliphatic heterocycles. The summed E-state index contributed by atoms with van der Waals surface area (Å²) in [4.78, 5) is 37.1. The predicted octanol–water partition coefficient (Wildman–Crippen LogP) is -0.142. The zero-order valence-corrected chi connectivity index (χ0v) is 13.1. The Bertz CT molecular complexity index is 544. The Hall–Kier alpha value is -2.51. The molecule has 0 bridgehead atoms. The fourth-order valence-electron chi connectivity index (χ4n) is 2.45. The van der Waals surface area contributed by atoms with E-state index >= 15 is 0 Å². The molecule has 8 nitrogen and oxygen atoms in total. The number of furan rings is 1. The molecule has 1 aromatic rings. The van der Waals surface area contributed by atoms with Gasteiger partial charge in [0.2, 0.25) is 11.8 Å². The number of nitrogens with zero attached hydrogens (tertiary/aromatic N) is 1. The third kappa shape index (κ3) is 4.73. The van der Waals surface area contributed by atoms with Gasteiger partial charge in [-0.1, -0.05) is 0 Å². The van der Waals surface area contributed by atoms with Crippen LogP contribution in [0.1, 0.15) is 18.6 Å². The lowest BCUT2D eigenvalue weighted by Crippen LogP contribution is -2.60. The Labute approximate surface area is 134 Å². The molecule has 126 valence electrons. The molecule has 23 heavy (non-hydrogen) atoms. The number of carbonyl (C=O) groups is 3. The summed E-state index contributed by atoms with van der Waals surface area (Å²) in [6, 6.07) is 2.61. The highest BCUT2D eigenvalue weighted by Gasteiger charge is 2.34. The van der Waals surface area contributed by atoms with Crippen molar-refractivity contribution >= 4 is 17.8 Å². The van der Waals surface area contributed by atoms with Crippen LogP contribution in [0.2, 0.25) is 0 Å². The minimum absolute atomic E-state index is 0.0395. The highest BCUT2D eigenvalue weighted by molar-refractivity contribution is 5.92. The zero-order valence-electron chi connectivity index (χ0n) is 13.1. The van der Waals surface area contributed by atoms with Crippen LogP contribution in [0.4, 0.5) is 4.79 Å². The molecule has 8 heteroatoms. The first kappa shape index (κ1) is 16.9. The Morgan fingerprint density at radius 3 is 3.00 bits per heavy atom. The molecule has 1 aromatic heterocycles. The Balaban J connectivity index is 1.82. The molecule has 0 radical (unpaired) electrons. The maximum atomic E-state index is 12.3. The first-order valence-electron chi connectivity index (χ1n) is 7.67. The quantitative estimate of drug-likeness (QED) is 0.634. The van der Waals surface area contributed by atoms with Crippen LogP contribution in [0.5, 0.6) is 0 Å². The molecule has 1 fully saturated rings. The number of carbonyl (C=O) groups excluding carboxylic acids is 3. The molecule has 0 spiro atoms. The van der Waals surface area contributed by atoms with Crippen LogP contribution in [0.15, 0.2) is 22.8 Å². The number of urea groups is 1. The lowest BCUT2D eigenvalue weighted by atomic mass is 10.1. The van der Waals surface area contributed by atoms with Crippen molar-refractivity contribution in [2.45, 2.75) is 25.3 Å². The summed E-state index contributed by atoms with van der Waals surface area (Å²) < 4.78 is 5.22. The van der Waals surface area contributed by atoms with Crippen molar-refractivity contribution in [3.05, 3.63) is 24.2 Å². The van der Waals surface area contributed by atoms with Gasteiger partial charge >= 0.3 is 6.03 Å². The third-order valence-corrected chi connectivity index (χ3v) is 3.71. The monoisotopic (exact) mass is 322 g/mol. The molecule has 1 atom stereocenters. The van der Waals surface area contributed by atoms with Gasteiger partial charge in [0.05, 0.1) is 12.7 Å². The molecule has 1 saturated heterocycles. The van der Waals surface area contributed by atoms with E-state index in [1.165, 1.54) is 11.9 Å². The molecule has 1 unspecified atom stereocenters. The lowest BCUT2D eigenvalue weighted by molar-refractivity contribution is -0.132. The van der Waals surface area contributed by atoms with Gasteiger partial charge in [0, 0.05) is 33.1 Å². The summed E-state index contributed by atoms with van der Waals surface area (Å²) >= 11 is 0. The van der Waals surface area contributed by atoms with Crippen LogP contribution < -0.4 is 16.0 Å². The van der Waals surface area contributed by atoms with Gasteiger partial charge in [-0.25, -0.2) is 4.79 Å². The third-order valence-electron chi connectivity index (χ3n) is 3.71. The van der Waals surface area contributed by atoms with E-state index < -0.39 is 6.04 Å². The second-order valence-electron chi connectivity index (χ2n) is 5.29. The molecular weight excluding hydrogens is 300 g/mol. The smallest absolute Gasteiger partial charge is 0.318 e. The fourth-order valence-corrected chi connectivity index (χ4v) is 2.45. The molecule has 2 rings (SSSR count). The topological polar surface area (TPSA) is 104 Å². The van der Waals surface area contributed by atoms with Gasteiger partial charge in [0.25, 0.3) is 0 Å². The van der Waals surface area contributed by atoms with Crippen molar-refractivity contribution in [2.24, 2.45) is 0 Å². The lowest BCUT2D eigenvalue weighted by Gasteiger charge is -2.34. The first-order chi connectivity index (χ1) is 11.1. The van der Waals surface area contributed by atoms with Crippen molar-refractivity contribution in [1.82, 2.24) is 20.9 Å². The average Bonchev–Trinajstić information content (AvgIpc) is 3.06. The Morgan fingerprint density at radius 2 is 2.30 bits per heavy atom. The largest absolute Gasteiger partial charge is 0.469 e. The van der Waals surface area contributed by atoms with E-state index in [0.29, 0.717) is 19.6 Å². The van der Waals surface area contributed by atoms with Crippen LogP contribution in [-0.4, -0.2) is 55.5 Å². The zero-order chi connectivity index (χ0) is 16.7. The first-order valence-corrected chi connectivity index (χ1v) is 7.67. The average molecular weight is 322 g/mol. The van der Waals surface area contributed by atoms with E-state index in [0.717, 1.165) is 18.6 Å². The Morgan fingerprint density at radius 1 is 1.48 bits per heavy atom. The van der Waals surface area contributed by atoms with E-state index in [2.05, 4.69) is 16.0 Å². The van der Waals surface area contributed by atoms with Crippen LogP contribution in [0.25, 0.3) is 0 Å². The summed E-state index contributed by atoms with van der Waals surface area (Å²) in [5.74, 6) is 0.294. The van der Waals surface area contributed by atoms with Gasteiger partial charge in [0.1, 0.15) is 11.8 Å². The molecule has 1 aliphatic rings. The Kier molecular flexibility index (Phi) is 6.02. The van der Waals surface area contributed by atoms with E-state index in [1.807, 2.05) is 12.1 Å². The molecule has 2 heterocycles. The van der Waals surface area contributed by atoms with Crippen molar-refractivity contribution in [3.8, 4) is 0 Å². The van der Waals surface area contributed by atoms with Crippen molar-refractivity contribution < 1.29 is 18.8 Å². The second-order valence-corrected chi connectivity index (χ2v) is 5.29. The number of amides is 4. The van der Waals surface area contributed by atoms with E-state index in [4.69, 9.17) is 4.42 Å². The van der Waals surface area contributed by atoms with Crippen LogP contribution in [0, 0.1) is 0 Å². The van der Waals surface area contributed by atoms with Crippen LogP contribution in [0.3, 0.4) is 0 Å². The fraction of sp³-hybridized carbons (Fsp3) is 0.533. The number of aryl methyl sites for hydroxylation is 1. The highest BCUT2D eigenvalue weighted by atomic mass is 16.3. The SMILES string of the molecule is CNC(=O)CC1C(=O)NCCN1C(=O)NCCCc1ccco1. The van der Waals surface area contributed by atoms with E-state index in [-0.39, 0.29) is 24.3 Å². The van der Waals surface area contributed by atoms with Gasteiger partial charge in [-0.15, -0.1) is 0 Å². The summed E-state index contributed by atoms with van der Waals surface area (Å²) in [7, 11) is 1.50. The van der Waals surface area contributed by atoms with Gasteiger partial charge in [-0.3, -0.25) is 9.59 Å². The van der Waals surface area contributed by atoms with E-state index in [1.54, 1.807) is 6.26 Å². The minimum Gasteiger partial charge on any atom is -0.469 e. The normalized spacial score (nSPS) is 17.5. The van der Waals surface area contributed by atoms with Crippen molar-refractivity contribution in [2.75, 3.05) is 26.7 Å². The number of rotatable bonds is 6. The number of piperazine rings is 1. The standard InChI is InChI=1S/C15H22N4O4/c1-16-13(20)10-12-14(21)17-7-8-19(12)15(22)18-6-2-4-11-5-3-9-23-11/h3,5,9,12H,2,4,6-8,10H2,1H3,(H,16,20)(H,17,21)(H,18,22). The number of nitrogens with one attached hydrogen (secondary N) is 3. The molecule has 3 N–H and O–H groups in total. The van der Waals surface area contributed by atoms with Gasteiger partial charge in [-0.2, -0.15) is 0 Å². The molecule has 0 aromatic carbocycles. The summed E-state index contributed by atoms with van der Waals surface area (Å²) in [5.41, 5.74) is 0. The molecular formula is C15H22N4O4. The maximum absolute atomic E-state index is 12.3. The van der Waals surface area contributed by atoms with Crippen molar-refractivity contribution in [1.29, 1.82) is 0 Å². The van der Waals surface area contributed by atoms with Gasteiger partial charge < -0.3 is 25.3 Å².